The fourth-order valence-electron chi connectivity index (χ4n) is 3.22. The van der Waals surface area contributed by atoms with E-state index in [-0.39, 0.29) is 0 Å². The lowest BCUT2D eigenvalue weighted by molar-refractivity contribution is -0.113. The van der Waals surface area contributed by atoms with E-state index in [1.165, 1.54) is 0 Å². The van der Waals surface area contributed by atoms with Crippen molar-refractivity contribution in [1.82, 2.24) is 0 Å². The number of nitriles is 3. The van der Waals surface area contributed by atoms with E-state index in [9.17, 15) is 20.6 Å². The Morgan fingerprint density at radius 1 is 0.900 bits per heavy atom. The van der Waals surface area contributed by atoms with Gasteiger partial charge in [0, 0.05) is 5.92 Å². The average Bonchev–Trinajstić information content (AvgIpc) is 3.10. The molecule has 2 aromatic rings. The van der Waals surface area contributed by atoms with Crippen molar-refractivity contribution >= 4 is 28.8 Å². The molecular formula is C24H18N4OS. The third kappa shape index (κ3) is 4.49. The zero-order valence-corrected chi connectivity index (χ0v) is 17.4. The molecule has 0 N–H and O–H groups in total. The van der Waals surface area contributed by atoms with Gasteiger partial charge in [0.05, 0.1) is 23.1 Å². The van der Waals surface area contributed by atoms with Crippen LogP contribution in [0.3, 0.4) is 0 Å². The highest BCUT2D eigenvalue weighted by atomic mass is 32.2. The summed E-state index contributed by atoms with van der Waals surface area (Å²) >= 11 is 1.14. The number of amides is 1. The fraction of sp³-hybridized carbons (Fsp3) is 0.208. The molecule has 2 aromatic carbocycles. The van der Waals surface area contributed by atoms with Gasteiger partial charge in [-0.1, -0.05) is 71.4 Å². The SMILES string of the molecule is Cc1ccc(/C=C2\SC(C(C#N)C(c3ccc(C)cc3)C(C#N)C#N)=NC2=O)cc1. The quantitative estimate of drug-likeness (QED) is 0.652. The van der Waals surface area contributed by atoms with Crippen LogP contribution in [-0.4, -0.2) is 11.0 Å². The Bertz CT molecular complexity index is 1130. The van der Waals surface area contributed by atoms with Gasteiger partial charge in [0.2, 0.25) is 0 Å². The van der Waals surface area contributed by atoms with E-state index in [1.54, 1.807) is 6.08 Å². The van der Waals surface area contributed by atoms with Gasteiger partial charge >= 0.3 is 0 Å². The molecule has 1 heterocycles. The predicted molar refractivity (Wildman–Crippen MR) is 117 cm³/mol. The van der Waals surface area contributed by atoms with Crippen molar-refractivity contribution in [1.29, 1.82) is 15.8 Å². The minimum absolute atomic E-state index is 0.321. The van der Waals surface area contributed by atoms with Crippen molar-refractivity contribution in [2.24, 2.45) is 16.8 Å². The highest BCUT2D eigenvalue weighted by Crippen LogP contribution is 2.40. The lowest BCUT2D eigenvalue weighted by Gasteiger charge is -2.22. The monoisotopic (exact) mass is 410 g/mol. The van der Waals surface area contributed by atoms with Gasteiger partial charge in [-0.05, 0) is 31.1 Å². The van der Waals surface area contributed by atoms with Crippen molar-refractivity contribution in [3.63, 3.8) is 0 Å². The van der Waals surface area contributed by atoms with E-state index in [0.717, 1.165) is 28.5 Å². The summed E-state index contributed by atoms with van der Waals surface area (Å²) < 4.78 is 0. The Kier molecular flexibility index (Phi) is 6.48. The molecule has 30 heavy (non-hydrogen) atoms. The van der Waals surface area contributed by atoms with Gasteiger partial charge in [0.15, 0.2) is 0 Å². The fourth-order valence-corrected chi connectivity index (χ4v) is 4.23. The summed E-state index contributed by atoms with van der Waals surface area (Å²) in [6.45, 7) is 3.92. The molecule has 2 atom stereocenters. The summed E-state index contributed by atoms with van der Waals surface area (Å²) in [6.07, 6.45) is 1.74. The third-order valence-corrected chi connectivity index (χ3v) is 5.94. The van der Waals surface area contributed by atoms with Crippen molar-refractivity contribution in [2.75, 3.05) is 0 Å². The molecule has 0 saturated heterocycles. The average molecular weight is 411 g/mol. The molecule has 1 amide bonds. The summed E-state index contributed by atoms with van der Waals surface area (Å²) in [4.78, 5) is 17.0. The Morgan fingerprint density at radius 2 is 1.47 bits per heavy atom. The van der Waals surface area contributed by atoms with Gasteiger partial charge in [-0.3, -0.25) is 4.79 Å². The van der Waals surface area contributed by atoms with Gasteiger partial charge < -0.3 is 0 Å². The van der Waals surface area contributed by atoms with Gasteiger partial charge in [-0.25, -0.2) is 4.99 Å². The van der Waals surface area contributed by atoms with Crippen LogP contribution in [0.25, 0.3) is 6.08 Å². The topological polar surface area (TPSA) is 101 Å². The predicted octanol–water partition coefficient (Wildman–Crippen LogP) is 4.90. The summed E-state index contributed by atoms with van der Waals surface area (Å²) in [5.41, 5.74) is 3.71. The molecule has 6 heteroatoms. The lowest BCUT2D eigenvalue weighted by Crippen LogP contribution is -2.24. The molecule has 146 valence electrons. The number of rotatable bonds is 5. The molecule has 0 bridgehead atoms. The maximum absolute atomic E-state index is 12.5. The van der Waals surface area contributed by atoms with Gasteiger partial charge in [-0.2, -0.15) is 15.8 Å². The number of benzene rings is 2. The van der Waals surface area contributed by atoms with Crippen LogP contribution in [0.4, 0.5) is 0 Å². The van der Waals surface area contributed by atoms with Crippen molar-refractivity contribution in [3.05, 3.63) is 75.7 Å². The largest absolute Gasteiger partial charge is 0.284 e. The molecule has 2 unspecified atom stereocenters. The number of aliphatic imine (C=N–C) groups is 1. The Labute approximate surface area is 180 Å². The Morgan fingerprint density at radius 3 is 2.00 bits per heavy atom. The molecule has 0 fully saturated rings. The molecule has 5 nitrogen and oxygen atoms in total. The Balaban J connectivity index is 1.95. The van der Waals surface area contributed by atoms with E-state index in [1.807, 2.05) is 74.5 Å². The molecule has 0 spiro atoms. The minimum atomic E-state index is -1.04. The number of aryl methyl sites for hydroxylation is 2. The van der Waals surface area contributed by atoms with Crippen LogP contribution in [0.1, 0.15) is 28.2 Å². The van der Waals surface area contributed by atoms with Crippen LogP contribution in [0.5, 0.6) is 0 Å². The first-order valence-corrected chi connectivity index (χ1v) is 10.1. The maximum Gasteiger partial charge on any atom is 0.284 e. The Hall–Kier alpha value is -3.66. The number of nitrogens with zero attached hydrogens (tertiary/aromatic N) is 4. The van der Waals surface area contributed by atoms with Crippen molar-refractivity contribution < 1.29 is 4.79 Å². The van der Waals surface area contributed by atoms with Crippen LogP contribution < -0.4 is 0 Å². The van der Waals surface area contributed by atoms with Crippen LogP contribution >= 0.6 is 11.8 Å². The smallest absolute Gasteiger partial charge is 0.266 e. The normalized spacial score (nSPS) is 16.5. The van der Waals surface area contributed by atoms with Gasteiger partial charge in [-0.15, -0.1) is 0 Å². The van der Waals surface area contributed by atoms with Crippen LogP contribution in [0, 0.1) is 59.7 Å². The van der Waals surface area contributed by atoms with E-state index >= 15 is 0 Å². The van der Waals surface area contributed by atoms with E-state index in [4.69, 9.17) is 0 Å². The highest BCUT2D eigenvalue weighted by Gasteiger charge is 2.38. The zero-order chi connectivity index (χ0) is 21.7. The number of carbonyl (C=O) groups excluding carboxylic acids is 1. The number of carbonyl (C=O) groups is 1. The number of hydrogen-bond acceptors (Lipinski definition) is 5. The number of hydrogen-bond donors (Lipinski definition) is 0. The van der Waals surface area contributed by atoms with Crippen LogP contribution in [0.2, 0.25) is 0 Å². The molecule has 0 aliphatic carbocycles. The second-order valence-electron chi connectivity index (χ2n) is 7.06. The summed E-state index contributed by atoms with van der Waals surface area (Å²) in [6, 6.07) is 21.3. The molecule has 3 rings (SSSR count). The molecule has 0 radical (unpaired) electrons. The number of thioether (sulfide) groups is 1. The van der Waals surface area contributed by atoms with Gasteiger partial charge in [0.1, 0.15) is 16.9 Å². The third-order valence-electron chi connectivity index (χ3n) is 4.88. The molecule has 0 saturated carbocycles. The maximum atomic E-state index is 12.5. The first kappa shape index (κ1) is 21.1. The molecular weight excluding hydrogens is 392 g/mol. The van der Waals surface area contributed by atoms with E-state index < -0.39 is 23.7 Å². The van der Waals surface area contributed by atoms with E-state index in [0.29, 0.717) is 15.5 Å². The van der Waals surface area contributed by atoms with Crippen molar-refractivity contribution in [3.8, 4) is 18.2 Å². The second kappa shape index (κ2) is 9.23. The molecule has 1 aliphatic rings. The van der Waals surface area contributed by atoms with Crippen molar-refractivity contribution in [2.45, 2.75) is 19.8 Å². The standard InChI is InChI=1S/C24H18N4OS/c1-15-3-7-17(8-4-15)11-21-23(29)28-24(30-21)20(14-27)22(19(12-25)13-26)18-9-5-16(2)6-10-18/h3-11,19-20,22H,1-2H3/b21-11-. The highest BCUT2D eigenvalue weighted by molar-refractivity contribution is 8.18. The lowest BCUT2D eigenvalue weighted by atomic mass is 9.78. The second-order valence-corrected chi connectivity index (χ2v) is 8.12. The first-order chi connectivity index (χ1) is 14.5. The van der Waals surface area contributed by atoms with Gasteiger partial charge in [0.25, 0.3) is 5.91 Å². The zero-order valence-electron chi connectivity index (χ0n) is 16.5. The summed E-state index contributed by atoms with van der Waals surface area (Å²) in [5, 5.41) is 29.3. The summed E-state index contributed by atoms with van der Waals surface area (Å²) in [7, 11) is 0. The molecule has 0 aromatic heterocycles. The molecule has 1 aliphatic heterocycles. The summed E-state index contributed by atoms with van der Waals surface area (Å²) in [5.74, 6) is -3.04. The van der Waals surface area contributed by atoms with Crippen LogP contribution in [-0.2, 0) is 4.79 Å². The first-order valence-electron chi connectivity index (χ1n) is 9.31. The minimum Gasteiger partial charge on any atom is -0.266 e. The van der Waals surface area contributed by atoms with Crippen LogP contribution in [0.15, 0.2) is 58.4 Å². The van der Waals surface area contributed by atoms with E-state index in [2.05, 4.69) is 11.1 Å².